The molecule has 0 bridgehead atoms. The Morgan fingerprint density at radius 2 is 1.83 bits per heavy atom. The number of carbonyl (C=O) groups is 1. The molecule has 0 fully saturated rings. The molecule has 0 saturated carbocycles. The lowest BCUT2D eigenvalue weighted by atomic mass is 10.1. The normalized spacial score (nSPS) is 10.8. The molecule has 0 aliphatic heterocycles. The van der Waals surface area contributed by atoms with E-state index in [1.807, 2.05) is 30.3 Å². The van der Waals surface area contributed by atoms with Gasteiger partial charge >= 0.3 is 0 Å². The van der Waals surface area contributed by atoms with E-state index in [9.17, 15) is 4.79 Å². The van der Waals surface area contributed by atoms with Crippen LogP contribution in [0.2, 0.25) is 5.02 Å². The van der Waals surface area contributed by atoms with Crippen molar-refractivity contribution in [3.05, 3.63) is 76.4 Å². The van der Waals surface area contributed by atoms with Gasteiger partial charge in [0.05, 0.1) is 22.7 Å². The molecule has 1 heterocycles. The minimum Gasteiger partial charge on any atom is -0.392 e. The van der Waals surface area contributed by atoms with Gasteiger partial charge in [-0.05, 0) is 41.8 Å². The third-order valence-corrected chi connectivity index (χ3v) is 4.20. The van der Waals surface area contributed by atoms with Gasteiger partial charge in [-0.2, -0.15) is 0 Å². The Morgan fingerprint density at radius 1 is 1.08 bits per heavy atom. The van der Waals surface area contributed by atoms with Crippen molar-refractivity contribution in [3.63, 3.8) is 0 Å². The van der Waals surface area contributed by atoms with Crippen molar-refractivity contribution in [2.45, 2.75) is 13.0 Å². The predicted molar refractivity (Wildman–Crippen MR) is 95.2 cm³/mol. The van der Waals surface area contributed by atoms with Crippen LogP contribution in [0.3, 0.4) is 0 Å². The van der Waals surface area contributed by atoms with Gasteiger partial charge in [-0.25, -0.2) is 0 Å². The summed E-state index contributed by atoms with van der Waals surface area (Å²) in [5.74, 6) is -0.164. The number of carbonyl (C=O) groups excluding carboxylic acids is 1. The summed E-state index contributed by atoms with van der Waals surface area (Å²) >= 11 is 6.15. The number of aliphatic hydroxyl groups excluding tert-OH is 1. The second-order valence-electron chi connectivity index (χ2n) is 5.48. The van der Waals surface area contributed by atoms with Crippen molar-refractivity contribution in [1.82, 2.24) is 10.3 Å². The highest BCUT2D eigenvalue weighted by molar-refractivity contribution is 6.36. The molecule has 5 heteroatoms. The smallest absolute Gasteiger partial charge is 0.253 e. The number of hydrogen-bond donors (Lipinski definition) is 2. The number of aromatic nitrogens is 1. The molecule has 0 spiro atoms. The number of aliphatic hydroxyl groups is 1. The lowest BCUT2D eigenvalue weighted by molar-refractivity contribution is 0.0955. The van der Waals surface area contributed by atoms with Gasteiger partial charge in [-0.15, -0.1) is 0 Å². The maximum atomic E-state index is 12.4. The number of rotatable bonds is 5. The molecule has 2 aromatic carbocycles. The van der Waals surface area contributed by atoms with Crippen molar-refractivity contribution >= 4 is 28.4 Å². The minimum atomic E-state index is -0.164. The van der Waals surface area contributed by atoms with Gasteiger partial charge in [0.15, 0.2) is 0 Å². The van der Waals surface area contributed by atoms with E-state index in [2.05, 4.69) is 10.3 Å². The first-order chi connectivity index (χ1) is 11.7. The second kappa shape index (κ2) is 7.43. The molecule has 1 amide bonds. The van der Waals surface area contributed by atoms with Crippen LogP contribution in [-0.4, -0.2) is 22.5 Å². The molecule has 24 heavy (non-hydrogen) atoms. The van der Waals surface area contributed by atoms with Crippen LogP contribution in [0, 0.1) is 0 Å². The molecule has 0 aliphatic carbocycles. The summed E-state index contributed by atoms with van der Waals surface area (Å²) in [7, 11) is 0. The Balaban J connectivity index is 1.68. The topological polar surface area (TPSA) is 62.2 Å². The first-order valence-electron chi connectivity index (χ1n) is 7.69. The summed E-state index contributed by atoms with van der Waals surface area (Å²) in [6, 6.07) is 14.7. The average Bonchev–Trinajstić information content (AvgIpc) is 2.63. The van der Waals surface area contributed by atoms with Gasteiger partial charge in [0, 0.05) is 18.1 Å². The summed E-state index contributed by atoms with van der Waals surface area (Å²) in [6.45, 7) is 0.557. The maximum absolute atomic E-state index is 12.4. The Labute approximate surface area is 145 Å². The molecule has 3 aromatic rings. The molecular weight excluding hydrogens is 324 g/mol. The molecule has 0 saturated heterocycles. The van der Waals surface area contributed by atoms with Gasteiger partial charge < -0.3 is 10.4 Å². The van der Waals surface area contributed by atoms with E-state index in [1.165, 1.54) is 0 Å². The Morgan fingerprint density at radius 3 is 2.58 bits per heavy atom. The predicted octanol–water partition coefficient (Wildman–Crippen LogP) is 3.35. The lowest BCUT2D eigenvalue weighted by Crippen LogP contribution is -2.26. The van der Waals surface area contributed by atoms with E-state index < -0.39 is 0 Å². The number of nitrogens with zero attached hydrogens (tertiary/aromatic N) is 1. The van der Waals surface area contributed by atoms with Crippen LogP contribution in [-0.2, 0) is 13.0 Å². The SMILES string of the molecule is O=C(NCCc1ccc(CO)cc1)c1ccc(Cl)c2cccnc12. The van der Waals surface area contributed by atoms with Gasteiger partial charge in [-0.3, -0.25) is 9.78 Å². The molecule has 0 radical (unpaired) electrons. The summed E-state index contributed by atoms with van der Waals surface area (Å²) in [6.07, 6.45) is 2.37. The summed E-state index contributed by atoms with van der Waals surface area (Å²) in [4.78, 5) is 16.7. The fourth-order valence-corrected chi connectivity index (χ4v) is 2.76. The summed E-state index contributed by atoms with van der Waals surface area (Å²) in [5.41, 5.74) is 3.11. The highest BCUT2D eigenvalue weighted by Gasteiger charge is 2.12. The van der Waals surface area contributed by atoms with Gasteiger partial charge in [0.25, 0.3) is 5.91 Å². The summed E-state index contributed by atoms with van der Waals surface area (Å²) < 4.78 is 0. The first-order valence-corrected chi connectivity index (χ1v) is 8.07. The van der Waals surface area contributed by atoms with Crippen LogP contribution >= 0.6 is 11.6 Å². The number of pyridine rings is 1. The molecule has 0 atom stereocenters. The van der Waals surface area contributed by atoms with Crippen LogP contribution in [0.4, 0.5) is 0 Å². The maximum Gasteiger partial charge on any atom is 0.253 e. The molecule has 122 valence electrons. The molecule has 4 nitrogen and oxygen atoms in total. The lowest BCUT2D eigenvalue weighted by Gasteiger charge is -2.09. The van der Waals surface area contributed by atoms with Crippen LogP contribution in [0.1, 0.15) is 21.5 Å². The zero-order valence-electron chi connectivity index (χ0n) is 13.0. The molecular formula is C19H17ClN2O2. The standard InChI is InChI=1S/C19H17ClN2O2/c20-17-8-7-16(18-15(17)2-1-10-21-18)19(24)22-11-9-13-3-5-14(12-23)6-4-13/h1-8,10,23H,9,11-12H2,(H,22,24). The van der Waals surface area contributed by atoms with E-state index in [1.54, 1.807) is 24.4 Å². The Bertz CT molecular complexity index is 863. The van der Waals surface area contributed by atoms with E-state index in [0.29, 0.717) is 22.6 Å². The third kappa shape index (κ3) is 3.55. The largest absolute Gasteiger partial charge is 0.392 e. The van der Waals surface area contributed by atoms with Gasteiger partial charge in [0.2, 0.25) is 0 Å². The minimum absolute atomic E-state index is 0.0354. The van der Waals surface area contributed by atoms with Crippen LogP contribution in [0.15, 0.2) is 54.7 Å². The van der Waals surface area contributed by atoms with Crippen molar-refractivity contribution < 1.29 is 9.90 Å². The van der Waals surface area contributed by atoms with Crippen LogP contribution < -0.4 is 5.32 Å². The molecule has 1 aromatic heterocycles. The van der Waals surface area contributed by atoms with Crippen molar-refractivity contribution in [3.8, 4) is 0 Å². The van der Waals surface area contributed by atoms with E-state index in [0.717, 1.165) is 22.9 Å². The second-order valence-corrected chi connectivity index (χ2v) is 5.88. The number of benzene rings is 2. The van der Waals surface area contributed by atoms with E-state index in [4.69, 9.17) is 16.7 Å². The van der Waals surface area contributed by atoms with E-state index in [-0.39, 0.29) is 12.5 Å². The number of fused-ring (bicyclic) bond motifs is 1. The van der Waals surface area contributed by atoms with Gasteiger partial charge in [-0.1, -0.05) is 35.9 Å². The number of amides is 1. The highest BCUT2D eigenvalue weighted by Crippen LogP contribution is 2.24. The van der Waals surface area contributed by atoms with Crippen LogP contribution in [0.25, 0.3) is 10.9 Å². The Hall–Kier alpha value is -2.43. The van der Waals surface area contributed by atoms with Crippen LogP contribution in [0.5, 0.6) is 0 Å². The summed E-state index contributed by atoms with van der Waals surface area (Å²) in [5, 5.41) is 13.3. The van der Waals surface area contributed by atoms with Crippen molar-refractivity contribution in [1.29, 1.82) is 0 Å². The average molecular weight is 341 g/mol. The zero-order chi connectivity index (χ0) is 16.9. The number of halogens is 1. The van der Waals surface area contributed by atoms with Crippen molar-refractivity contribution in [2.24, 2.45) is 0 Å². The Kier molecular flexibility index (Phi) is 5.08. The number of nitrogens with one attached hydrogen (secondary N) is 1. The molecule has 3 rings (SSSR count). The fourth-order valence-electron chi connectivity index (χ4n) is 2.55. The quantitative estimate of drug-likeness (QED) is 0.748. The first kappa shape index (κ1) is 16.4. The molecule has 0 aliphatic rings. The molecule has 2 N–H and O–H groups in total. The van der Waals surface area contributed by atoms with Crippen molar-refractivity contribution in [2.75, 3.05) is 6.54 Å². The fraction of sp³-hybridized carbons (Fsp3) is 0.158. The molecule has 0 unspecified atom stereocenters. The van der Waals surface area contributed by atoms with E-state index >= 15 is 0 Å². The highest BCUT2D eigenvalue weighted by atomic mass is 35.5. The van der Waals surface area contributed by atoms with Gasteiger partial charge in [0.1, 0.15) is 0 Å². The number of hydrogen-bond acceptors (Lipinski definition) is 3. The zero-order valence-corrected chi connectivity index (χ0v) is 13.8. The third-order valence-electron chi connectivity index (χ3n) is 3.87. The monoisotopic (exact) mass is 340 g/mol.